The SMILES string of the molecule is CC(C)(C)[C@H](N)C[C@H](O)c1cc(F)c(F)cc1F.Cl. The first-order valence-electron chi connectivity index (χ1n) is 5.71. The van der Waals surface area contributed by atoms with E-state index in [1.807, 2.05) is 20.8 Å². The predicted octanol–water partition coefficient (Wildman–Crippen LogP) is 3.32. The second-order valence-corrected chi connectivity index (χ2v) is 5.51. The van der Waals surface area contributed by atoms with Gasteiger partial charge in [0.05, 0.1) is 6.10 Å². The van der Waals surface area contributed by atoms with Gasteiger partial charge in [-0.1, -0.05) is 20.8 Å². The highest BCUT2D eigenvalue weighted by molar-refractivity contribution is 5.85. The minimum atomic E-state index is -1.27. The number of rotatable bonds is 3. The van der Waals surface area contributed by atoms with E-state index in [2.05, 4.69) is 0 Å². The smallest absolute Gasteiger partial charge is 0.161 e. The van der Waals surface area contributed by atoms with Gasteiger partial charge in [0.1, 0.15) is 5.82 Å². The van der Waals surface area contributed by atoms with Gasteiger partial charge in [0.15, 0.2) is 11.6 Å². The van der Waals surface area contributed by atoms with Crippen molar-refractivity contribution < 1.29 is 18.3 Å². The second kappa shape index (κ2) is 6.59. The van der Waals surface area contributed by atoms with Crippen LogP contribution in [0.5, 0.6) is 0 Å². The first-order chi connectivity index (χ1) is 8.12. The summed E-state index contributed by atoms with van der Waals surface area (Å²) in [6.07, 6.45) is -1.18. The summed E-state index contributed by atoms with van der Waals surface area (Å²) >= 11 is 0. The van der Waals surface area contributed by atoms with Gasteiger partial charge in [0, 0.05) is 17.7 Å². The van der Waals surface area contributed by atoms with Crippen molar-refractivity contribution in [1.29, 1.82) is 0 Å². The first-order valence-corrected chi connectivity index (χ1v) is 5.71. The largest absolute Gasteiger partial charge is 0.388 e. The maximum Gasteiger partial charge on any atom is 0.161 e. The van der Waals surface area contributed by atoms with Crippen molar-refractivity contribution >= 4 is 12.4 Å². The molecule has 0 spiro atoms. The number of nitrogens with two attached hydrogens (primary N) is 1. The van der Waals surface area contributed by atoms with Crippen LogP contribution in [0.25, 0.3) is 0 Å². The fraction of sp³-hybridized carbons (Fsp3) is 0.538. The highest BCUT2D eigenvalue weighted by atomic mass is 35.5. The predicted molar refractivity (Wildman–Crippen MR) is 70.6 cm³/mol. The van der Waals surface area contributed by atoms with Crippen LogP contribution in [0.1, 0.15) is 38.9 Å². The van der Waals surface area contributed by atoms with Gasteiger partial charge in [-0.15, -0.1) is 12.4 Å². The maximum absolute atomic E-state index is 13.4. The molecule has 2 nitrogen and oxygen atoms in total. The Morgan fingerprint density at radius 3 is 2.05 bits per heavy atom. The van der Waals surface area contributed by atoms with Crippen molar-refractivity contribution in [1.82, 2.24) is 0 Å². The second-order valence-electron chi connectivity index (χ2n) is 5.51. The lowest BCUT2D eigenvalue weighted by Crippen LogP contribution is -2.36. The molecule has 0 amide bonds. The molecule has 110 valence electrons. The van der Waals surface area contributed by atoms with Gasteiger partial charge in [0.2, 0.25) is 0 Å². The summed E-state index contributed by atoms with van der Waals surface area (Å²) in [5.41, 5.74) is 5.32. The van der Waals surface area contributed by atoms with Crippen LogP contribution >= 0.6 is 12.4 Å². The van der Waals surface area contributed by atoms with E-state index < -0.39 is 23.6 Å². The van der Waals surface area contributed by atoms with Crippen LogP contribution in [0.15, 0.2) is 12.1 Å². The summed E-state index contributed by atoms with van der Waals surface area (Å²) in [5, 5.41) is 9.84. The molecule has 0 aliphatic rings. The van der Waals surface area contributed by atoms with Crippen molar-refractivity contribution in [3.63, 3.8) is 0 Å². The summed E-state index contributed by atoms with van der Waals surface area (Å²) in [7, 11) is 0. The third-order valence-corrected chi connectivity index (χ3v) is 2.99. The van der Waals surface area contributed by atoms with Crippen LogP contribution in [-0.2, 0) is 0 Å². The zero-order valence-electron chi connectivity index (χ0n) is 11.1. The maximum atomic E-state index is 13.4. The molecule has 0 saturated carbocycles. The lowest BCUT2D eigenvalue weighted by atomic mass is 9.83. The molecule has 0 aliphatic heterocycles. The molecule has 0 bridgehead atoms. The summed E-state index contributed by atoms with van der Waals surface area (Å²) in [4.78, 5) is 0. The third-order valence-electron chi connectivity index (χ3n) is 2.99. The van der Waals surface area contributed by atoms with Gasteiger partial charge in [-0.2, -0.15) is 0 Å². The minimum absolute atomic E-state index is 0. The Bertz CT molecular complexity index is 435. The molecule has 6 heteroatoms. The highest BCUT2D eigenvalue weighted by Crippen LogP contribution is 2.28. The summed E-state index contributed by atoms with van der Waals surface area (Å²) in [5.74, 6) is -3.43. The van der Waals surface area contributed by atoms with E-state index in [0.29, 0.717) is 12.1 Å². The average Bonchev–Trinajstić information content (AvgIpc) is 2.21. The van der Waals surface area contributed by atoms with Gasteiger partial charge >= 0.3 is 0 Å². The molecular formula is C13H19ClF3NO. The highest BCUT2D eigenvalue weighted by Gasteiger charge is 2.26. The molecule has 0 fully saturated rings. The zero-order valence-corrected chi connectivity index (χ0v) is 11.9. The number of halogens is 4. The molecule has 0 radical (unpaired) electrons. The Hall–Kier alpha value is -0.780. The lowest BCUT2D eigenvalue weighted by molar-refractivity contribution is 0.129. The van der Waals surface area contributed by atoms with Crippen LogP contribution < -0.4 is 5.73 Å². The Balaban J connectivity index is 0.00000324. The molecule has 0 saturated heterocycles. The van der Waals surface area contributed by atoms with Gasteiger partial charge in [-0.25, -0.2) is 13.2 Å². The van der Waals surface area contributed by atoms with Crippen molar-refractivity contribution in [2.24, 2.45) is 11.1 Å². The standard InChI is InChI=1S/C13H18F3NO.ClH/c1-13(2,3)12(17)6-11(18)7-4-9(15)10(16)5-8(7)14;/h4-5,11-12,18H,6,17H2,1-3H3;1H/t11-,12+;/m0./s1. The summed E-state index contributed by atoms with van der Waals surface area (Å²) in [6.45, 7) is 5.64. The van der Waals surface area contributed by atoms with E-state index in [1.165, 1.54) is 0 Å². The Morgan fingerprint density at radius 2 is 1.58 bits per heavy atom. The van der Waals surface area contributed by atoms with E-state index >= 15 is 0 Å². The molecule has 3 N–H and O–H groups in total. The van der Waals surface area contributed by atoms with Gasteiger partial charge in [-0.05, 0) is 17.9 Å². The zero-order chi connectivity index (χ0) is 14.1. The fourth-order valence-corrected chi connectivity index (χ4v) is 1.51. The van der Waals surface area contributed by atoms with E-state index in [9.17, 15) is 18.3 Å². The van der Waals surface area contributed by atoms with Crippen LogP contribution in [0.3, 0.4) is 0 Å². The quantitative estimate of drug-likeness (QED) is 0.841. The van der Waals surface area contributed by atoms with Crippen molar-refractivity contribution in [3.05, 3.63) is 35.1 Å². The molecule has 0 aliphatic carbocycles. The molecule has 1 aromatic rings. The molecule has 0 aromatic heterocycles. The molecule has 19 heavy (non-hydrogen) atoms. The fourth-order valence-electron chi connectivity index (χ4n) is 1.51. The summed E-state index contributed by atoms with van der Waals surface area (Å²) in [6, 6.07) is 0.710. The van der Waals surface area contributed by atoms with Crippen molar-refractivity contribution in [2.45, 2.75) is 39.3 Å². The molecule has 0 heterocycles. The molecule has 0 unspecified atom stereocenters. The van der Waals surface area contributed by atoms with Crippen LogP contribution in [0, 0.1) is 22.9 Å². The van der Waals surface area contributed by atoms with E-state index in [0.717, 1.165) is 0 Å². The van der Waals surface area contributed by atoms with E-state index in [4.69, 9.17) is 5.73 Å². The minimum Gasteiger partial charge on any atom is -0.388 e. The lowest BCUT2D eigenvalue weighted by Gasteiger charge is -2.29. The third kappa shape index (κ3) is 4.67. The Kier molecular flexibility index (Phi) is 6.32. The number of aliphatic hydroxyl groups excluding tert-OH is 1. The topological polar surface area (TPSA) is 46.2 Å². The first kappa shape index (κ1) is 18.2. The normalized spacial score (nSPS) is 14.7. The molecule has 1 rings (SSSR count). The number of aliphatic hydroxyl groups is 1. The molecular weight excluding hydrogens is 279 g/mol. The monoisotopic (exact) mass is 297 g/mol. The molecule has 2 atom stereocenters. The van der Waals surface area contributed by atoms with Crippen LogP contribution in [-0.4, -0.2) is 11.1 Å². The number of benzene rings is 1. The van der Waals surface area contributed by atoms with Crippen LogP contribution in [0.4, 0.5) is 13.2 Å². The Morgan fingerprint density at radius 1 is 1.11 bits per heavy atom. The average molecular weight is 298 g/mol. The van der Waals surface area contributed by atoms with Crippen molar-refractivity contribution in [3.8, 4) is 0 Å². The van der Waals surface area contributed by atoms with E-state index in [1.54, 1.807) is 0 Å². The Labute approximate surface area is 117 Å². The number of hydrogen-bond acceptors (Lipinski definition) is 2. The van der Waals surface area contributed by atoms with E-state index in [-0.39, 0.29) is 35.8 Å². The van der Waals surface area contributed by atoms with Gasteiger partial charge in [0.25, 0.3) is 0 Å². The number of hydrogen-bond donors (Lipinski definition) is 2. The van der Waals surface area contributed by atoms with Crippen molar-refractivity contribution in [2.75, 3.05) is 0 Å². The summed E-state index contributed by atoms with van der Waals surface area (Å²) < 4.78 is 39.2. The van der Waals surface area contributed by atoms with Gasteiger partial charge < -0.3 is 10.8 Å². The van der Waals surface area contributed by atoms with Gasteiger partial charge in [-0.3, -0.25) is 0 Å². The molecule has 1 aromatic carbocycles. The van der Waals surface area contributed by atoms with Crippen LogP contribution in [0.2, 0.25) is 0 Å².